The zero-order valence-corrected chi connectivity index (χ0v) is 18.7. The summed E-state index contributed by atoms with van der Waals surface area (Å²) in [7, 11) is 17.2. The fraction of sp³-hybridized carbons (Fsp3) is 0.304. The van der Waals surface area contributed by atoms with Crippen LogP contribution in [-0.4, -0.2) is 38.7 Å². The van der Waals surface area contributed by atoms with E-state index in [2.05, 4.69) is 46.0 Å². The van der Waals surface area contributed by atoms with Crippen LogP contribution in [0.3, 0.4) is 0 Å². The van der Waals surface area contributed by atoms with E-state index in [1.54, 1.807) is 18.6 Å². The average Bonchev–Trinajstić information content (AvgIpc) is 3.57. The van der Waals surface area contributed by atoms with Crippen molar-refractivity contribution in [2.75, 3.05) is 10.6 Å². The van der Waals surface area contributed by atoms with Gasteiger partial charge in [-0.15, -0.1) is 0 Å². The summed E-state index contributed by atoms with van der Waals surface area (Å²) in [6.07, 6.45) is 8.05. The van der Waals surface area contributed by atoms with Gasteiger partial charge in [0.15, 0.2) is 0 Å². The van der Waals surface area contributed by atoms with Crippen molar-refractivity contribution < 1.29 is 0 Å². The van der Waals surface area contributed by atoms with Crippen molar-refractivity contribution in [3.05, 3.63) is 66.4 Å². The summed E-state index contributed by atoms with van der Waals surface area (Å²) in [6.45, 7) is 12.2. The van der Waals surface area contributed by atoms with Gasteiger partial charge in [-0.25, -0.2) is 4.98 Å². The molecule has 6 radical (unpaired) electrons. The Kier molecular flexibility index (Phi) is 7.07. The molecule has 0 amide bonds. The number of anilines is 3. The fourth-order valence-corrected chi connectivity index (χ4v) is 3.43. The first-order valence-electron chi connectivity index (χ1n) is 10.6. The van der Waals surface area contributed by atoms with Gasteiger partial charge in [-0.3, -0.25) is 4.98 Å². The van der Waals surface area contributed by atoms with E-state index in [4.69, 9.17) is 29.3 Å². The van der Waals surface area contributed by atoms with Crippen LogP contribution in [0.15, 0.2) is 49.6 Å². The molecule has 0 bridgehead atoms. The van der Waals surface area contributed by atoms with Crippen molar-refractivity contribution >= 4 is 52.0 Å². The zero-order chi connectivity index (χ0) is 23.5. The Morgan fingerprint density at radius 3 is 2.56 bits per heavy atom. The first-order chi connectivity index (χ1) is 15.1. The number of nitrogens with zero attached hydrogens (tertiary/aromatic N) is 2. The van der Waals surface area contributed by atoms with E-state index in [0.29, 0.717) is 23.0 Å². The van der Waals surface area contributed by atoms with Crippen LogP contribution in [0.2, 0.25) is 0 Å². The molecule has 0 saturated heterocycles. The quantitative estimate of drug-likeness (QED) is 0.442. The molecule has 1 aliphatic carbocycles. The molecule has 0 aliphatic heterocycles. The van der Waals surface area contributed by atoms with Gasteiger partial charge in [-0.05, 0) is 49.9 Å². The lowest BCUT2D eigenvalue weighted by atomic mass is 9.49. The number of aromatic nitrogens is 2. The Hall–Kier alpha value is -3.09. The van der Waals surface area contributed by atoms with E-state index in [1.165, 1.54) is 0 Å². The van der Waals surface area contributed by atoms with Gasteiger partial charge in [-0.2, -0.15) is 0 Å². The van der Waals surface area contributed by atoms with Crippen LogP contribution in [-0.2, 0) is 6.42 Å². The molecule has 1 saturated carbocycles. The van der Waals surface area contributed by atoms with Crippen molar-refractivity contribution in [2.45, 2.75) is 38.3 Å². The highest BCUT2D eigenvalue weighted by molar-refractivity contribution is 6.59. The normalized spacial score (nSPS) is 14.0. The number of pyridine rings is 2. The van der Waals surface area contributed by atoms with Gasteiger partial charge in [0.1, 0.15) is 5.82 Å². The summed E-state index contributed by atoms with van der Waals surface area (Å²) in [6, 6.07) is 3.81. The monoisotopic (exact) mass is 420 g/mol. The Labute approximate surface area is 194 Å². The molecule has 9 heteroatoms. The molecule has 2 heterocycles. The van der Waals surface area contributed by atoms with Gasteiger partial charge in [0.05, 0.1) is 34.9 Å². The van der Waals surface area contributed by atoms with Crippen molar-refractivity contribution in [3.8, 4) is 0 Å². The van der Waals surface area contributed by atoms with Crippen LogP contribution >= 0.6 is 0 Å². The second kappa shape index (κ2) is 9.59. The summed E-state index contributed by atoms with van der Waals surface area (Å²) in [5, 5.41) is 7.98. The van der Waals surface area contributed by atoms with Crippen molar-refractivity contribution in [1.29, 1.82) is 0 Å². The molecule has 158 valence electrons. The minimum absolute atomic E-state index is 0.436. The molecule has 1 fully saturated rings. The third-order valence-electron chi connectivity index (χ3n) is 5.26. The summed E-state index contributed by atoms with van der Waals surface area (Å²) < 4.78 is 0. The zero-order valence-electron chi connectivity index (χ0n) is 18.7. The van der Waals surface area contributed by atoms with E-state index in [-0.39, 0.29) is 0 Å². The number of hydrogen-bond donors (Lipinski definition) is 4. The van der Waals surface area contributed by atoms with Gasteiger partial charge < -0.3 is 21.7 Å². The Morgan fingerprint density at radius 1 is 1.25 bits per heavy atom. The average molecular weight is 420 g/mol. The standard InChI is InChI=1S/C23H27B3N6/c1-5-17-19(8-9-28-22(17)13(2)11-27)31-20-10-21(30-14(3)16-6-7-16)29-12-18(20)15(4)32-23(24,25)26/h8-12,16,32H,3-7,27H2,1-2H3,(H2,28,29,30,31). The molecular formula is C23H27B3N6. The van der Waals surface area contributed by atoms with Gasteiger partial charge >= 0.3 is 0 Å². The molecule has 0 atom stereocenters. The molecule has 32 heavy (non-hydrogen) atoms. The second-order valence-corrected chi connectivity index (χ2v) is 8.09. The molecule has 2 aromatic rings. The molecule has 0 spiro atoms. The van der Waals surface area contributed by atoms with Crippen LogP contribution < -0.4 is 21.7 Å². The predicted molar refractivity (Wildman–Crippen MR) is 137 cm³/mol. The minimum atomic E-state index is -1.62. The molecule has 0 aromatic carbocycles. The maximum absolute atomic E-state index is 5.75. The fourth-order valence-electron chi connectivity index (χ4n) is 3.43. The highest BCUT2D eigenvalue weighted by atomic mass is 15.0. The van der Waals surface area contributed by atoms with Crippen LogP contribution in [0.1, 0.15) is 43.5 Å². The SMILES string of the molecule is [B]C([B])([B])NC(=C)c1cnc(NC(=C)C2CC2)cc1Nc1ccnc(C(C)=CN)c1CC. The summed E-state index contributed by atoms with van der Waals surface area (Å²) in [4.78, 5) is 9.02. The third-order valence-corrected chi connectivity index (χ3v) is 5.26. The van der Waals surface area contributed by atoms with Gasteiger partial charge in [0, 0.05) is 46.7 Å². The lowest BCUT2D eigenvalue weighted by Crippen LogP contribution is -2.45. The van der Waals surface area contributed by atoms with Crippen LogP contribution in [0.25, 0.3) is 11.3 Å². The summed E-state index contributed by atoms with van der Waals surface area (Å²) >= 11 is 0. The van der Waals surface area contributed by atoms with Crippen molar-refractivity contribution in [2.24, 2.45) is 11.7 Å². The van der Waals surface area contributed by atoms with E-state index in [0.717, 1.165) is 53.2 Å². The highest BCUT2D eigenvalue weighted by Crippen LogP contribution is 2.36. The van der Waals surface area contributed by atoms with E-state index < -0.39 is 5.24 Å². The highest BCUT2D eigenvalue weighted by Gasteiger charge is 2.25. The number of nitrogens with one attached hydrogen (secondary N) is 3. The minimum Gasteiger partial charge on any atom is -0.405 e. The maximum Gasteiger partial charge on any atom is 0.132 e. The molecular weight excluding hydrogens is 393 g/mol. The second-order valence-electron chi connectivity index (χ2n) is 8.09. The number of hydrogen-bond acceptors (Lipinski definition) is 6. The van der Waals surface area contributed by atoms with Crippen LogP contribution in [0, 0.1) is 5.92 Å². The molecule has 3 rings (SSSR count). The predicted octanol–water partition coefficient (Wildman–Crippen LogP) is 3.11. The van der Waals surface area contributed by atoms with Crippen molar-refractivity contribution in [1.82, 2.24) is 15.3 Å². The third kappa shape index (κ3) is 5.78. The lowest BCUT2D eigenvalue weighted by Gasteiger charge is -2.27. The lowest BCUT2D eigenvalue weighted by molar-refractivity contribution is 0.939. The van der Waals surface area contributed by atoms with Gasteiger partial charge in [-0.1, -0.05) is 25.3 Å². The first kappa shape index (κ1) is 23.6. The Bertz CT molecular complexity index is 1050. The largest absolute Gasteiger partial charge is 0.405 e. The van der Waals surface area contributed by atoms with E-state index in [1.807, 2.05) is 19.1 Å². The Balaban J connectivity index is 2.02. The molecule has 1 aliphatic rings. The van der Waals surface area contributed by atoms with Crippen LogP contribution in [0.4, 0.5) is 17.2 Å². The smallest absolute Gasteiger partial charge is 0.132 e. The van der Waals surface area contributed by atoms with Gasteiger partial charge in [0.25, 0.3) is 0 Å². The molecule has 5 N–H and O–H groups in total. The van der Waals surface area contributed by atoms with E-state index >= 15 is 0 Å². The van der Waals surface area contributed by atoms with Gasteiger partial charge in [0.2, 0.25) is 0 Å². The summed E-state index contributed by atoms with van der Waals surface area (Å²) in [5.41, 5.74) is 12.2. The molecule has 6 nitrogen and oxygen atoms in total. The maximum atomic E-state index is 5.75. The molecule has 2 aromatic heterocycles. The number of nitrogens with two attached hydrogens (primary N) is 1. The Morgan fingerprint density at radius 2 is 1.97 bits per heavy atom. The van der Waals surface area contributed by atoms with E-state index in [9.17, 15) is 0 Å². The molecule has 0 unspecified atom stereocenters. The number of rotatable bonds is 10. The van der Waals surface area contributed by atoms with Crippen LogP contribution in [0.5, 0.6) is 0 Å². The van der Waals surface area contributed by atoms with Crippen molar-refractivity contribution in [3.63, 3.8) is 0 Å². The first-order valence-corrected chi connectivity index (χ1v) is 10.6. The summed E-state index contributed by atoms with van der Waals surface area (Å²) in [5.74, 6) is 1.17. The topological polar surface area (TPSA) is 87.9 Å². The number of allylic oxidation sites excluding steroid dienone is 2.